The molecule has 4 heteroatoms. The molecule has 0 bridgehead atoms. The van der Waals surface area contributed by atoms with Crippen LogP contribution in [0.1, 0.15) is 5.82 Å². The van der Waals surface area contributed by atoms with Gasteiger partial charge in [0.1, 0.15) is 10.9 Å². The van der Waals surface area contributed by atoms with E-state index in [4.69, 9.17) is 0 Å². The highest BCUT2D eigenvalue weighted by molar-refractivity contribution is 7.99. The fourth-order valence-corrected chi connectivity index (χ4v) is 2.55. The first-order valence-corrected chi connectivity index (χ1v) is 6.19. The third-order valence-electron chi connectivity index (χ3n) is 2.44. The number of rotatable bonds is 2. The Labute approximate surface area is 104 Å². The Kier molecular flexibility index (Phi) is 2.57. The van der Waals surface area contributed by atoms with E-state index in [-0.39, 0.29) is 0 Å². The second-order valence-electron chi connectivity index (χ2n) is 3.73. The van der Waals surface area contributed by atoms with Gasteiger partial charge in [-0.2, -0.15) is 5.10 Å². The van der Waals surface area contributed by atoms with Crippen molar-refractivity contribution in [3.63, 3.8) is 0 Å². The number of aryl methyl sites for hydroxylation is 1. The van der Waals surface area contributed by atoms with Crippen LogP contribution >= 0.6 is 11.8 Å². The lowest BCUT2D eigenvalue weighted by Gasteiger charge is -2.02. The zero-order valence-electron chi connectivity index (χ0n) is 9.37. The van der Waals surface area contributed by atoms with Crippen LogP contribution < -0.4 is 0 Å². The average molecular weight is 241 g/mol. The number of fused-ring (bicyclic) bond motifs is 1. The smallest absolute Gasteiger partial charge is 0.146 e. The van der Waals surface area contributed by atoms with Gasteiger partial charge < -0.3 is 0 Å². The van der Waals surface area contributed by atoms with E-state index in [0.29, 0.717) is 0 Å². The van der Waals surface area contributed by atoms with Crippen LogP contribution in [0.5, 0.6) is 0 Å². The van der Waals surface area contributed by atoms with Gasteiger partial charge in [-0.3, -0.25) is 0 Å². The van der Waals surface area contributed by atoms with Gasteiger partial charge in [-0.25, -0.2) is 9.50 Å². The molecule has 0 saturated carbocycles. The predicted molar refractivity (Wildman–Crippen MR) is 68.3 cm³/mol. The van der Waals surface area contributed by atoms with Crippen LogP contribution in [0.25, 0.3) is 5.52 Å². The Bertz CT molecular complexity index is 646. The summed E-state index contributed by atoms with van der Waals surface area (Å²) in [4.78, 5) is 5.40. The lowest BCUT2D eigenvalue weighted by Crippen LogP contribution is -1.97. The van der Waals surface area contributed by atoms with Gasteiger partial charge in [-0.05, 0) is 31.2 Å². The molecule has 3 aromatic rings. The Morgan fingerprint density at radius 3 is 2.71 bits per heavy atom. The van der Waals surface area contributed by atoms with Crippen molar-refractivity contribution < 1.29 is 0 Å². The molecule has 84 valence electrons. The molecule has 0 radical (unpaired) electrons. The van der Waals surface area contributed by atoms with Gasteiger partial charge in [0.25, 0.3) is 0 Å². The van der Waals surface area contributed by atoms with Gasteiger partial charge in [-0.1, -0.05) is 30.0 Å². The van der Waals surface area contributed by atoms with E-state index in [9.17, 15) is 0 Å². The summed E-state index contributed by atoms with van der Waals surface area (Å²) >= 11 is 1.71. The van der Waals surface area contributed by atoms with E-state index < -0.39 is 0 Å². The average Bonchev–Trinajstić information content (AvgIpc) is 2.73. The number of aromatic nitrogens is 3. The van der Waals surface area contributed by atoms with Crippen molar-refractivity contribution >= 4 is 17.3 Å². The van der Waals surface area contributed by atoms with Crippen LogP contribution in [0, 0.1) is 6.92 Å². The number of nitrogens with zero attached hydrogens (tertiary/aromatic N) is 3. The fourth-order valence-electron chi connectivity index (χ4n) is 1.65. The van der Waals surface area contributed by atoms with Crippen molar-refractivity contribution in [2.24, 2.45) is 0 Å². The van der Waals surface area contributed by atoms with Gasteiger partial charge in [-0.15, -0.1) is 0 Å². The van der Waals surface area contributed by atoms with Crippen LogP contribution in [0.4, 0.5) is 0 Å². The highest BCUT2D eigenvalue weighted by atomic mass is 32.2. The Morgan fingerprint density at radius 2 is 1.88 bits per heavy atom. The van der Waals surface area contributed by atoms with E-state index in [1.165, 1.54) is 4.90 Å². The summed E-state index contributed by atoms with van der Waals surface area (Å²) < 4.78 is 1.93. The lowest BCUT2D eigenvalue weighted by molar-refractivity contribution is 0.798. The van der Waals surface area contributed by atoms with Crippen molar-refractivity contribution in [2.75, 3.05) is 0 Å². The molecular formula is C13H11N3S. The van der Waals surface area contributed by atoms with Crippen molar-refractivity contribution in [2.45, 2.75) is 16.8 Å². The van der Waals surface area contributed by atoms with Crippen LogP contribution in [-0.4, -0.2) is 14.6 Å². The highest BCUT2D eigenvalue weighted by Crippen LogP contribution is 2.28. The van der Waals surface area contributed by atoms with Crippen LogP contribution in [0.2, 0.25) is 0 Å². The summed E-state index contributed by atoms with van der Waals surface area (Å²) in [5.74, 6) is 0.781. The molecule has 0 aliphatic carbocycles. The van der Waals surface area contributed by atoms with Gasteiger partial charge in [0, 0.05) is 4.90 Å². The first kappa shape index (κ1) is 10.4. The summed E-state index contributed by atoms with van der Waals surface area (Å²) in [6.07, 6.45) is 1.84. The molecule has 1 aromatic carbocycles. The SMILES string of the molecule is Cc1ncc2ccc(Sc3ccccc3)n2n1. The molecule has 0 unspecified atom stereocenters. The van der Waals surface area contributed by atoms with Crippen molar-refractivity contribution in [1.29, 1.82) is 0 Å². The van der Waals surface area contributed by atoms with E-state index in [1.54, 1.807) is 11.8 Å². The molecule has 2 heterocycles. The Hall–Kier alpha value is -1.81. The predicted octanol–water partition coefficient (Wildman–Crippen LogP) is 3.19. The summed E-state index contributed by atoms with van der Waals surface area (Å²) in [5, 5.41) is 5.52. The molecule has 3 nitrogen and oxygen atoms in total. The molecule has 0 fully saturated rings. The van der Waals surface area contributed by atoms with Gasteiger partial charge in [0.2, 0.25) is 0 Å². The summed E-state index contributed by atoms with van der Waals surface area (Å²) in [5.41, 5.74) is 1.02. The van der Waals surface area contributed by atoms with E-state index in [0.717, 1.165) is 16.4 Å². The molecule has 0 atom stereocenters. The second-order valence-corrected chi connectivity index (χ2v) is 4.82. The maximum absolute atomic E-state index is 4.42. The lowest BCUT2D eigenvalue weighted by atomic mass is 10.4. The Morgan fingerprint density at radius 1 is 1.06 bits per heavy atom. The van der Waals surface area contributed by atoms with Crippen molar-refractivity contribution in [3.8, 4) is 0 Å². The molecule has 0 aliphatic heterocycles. The molecule has 0 saturated heterocycles. The quantitative estimate of drug-likeness (QED) is 0.690. The minimum absolute atomic E-state index is 0.781. The van der Waals surface area contributed by atoms with E-state index >= 15 is 0 Å². The maximum Gasteiger partial charge on any atom is 0.146 e. The van der Waals surface area contributed by atoms with Crippen molar-refractivity contribution in [1.82, 2.24) is 14.6 Å². The fraction of sp³-hybridized carbons (Fsp3) is 0.0769. The topological polar surface area (TPSA) is 30.2 Å². The number of hydrogen-bond donors (Lipinski definition) is 0. The minimum Gasteiger partial charge on any atom is -0.238 e. The van der Waals surface area contributed by atoms with Gasteiger partial charge in [0.05, 0.1) is 11.7 Å². The molecule has 17 heavy (non-hydrogen) atoms. The normalized spacial score (nSPS) is 10.9. The van der Waals surface area contributed by atoms with Gasteiger partial charge in [0.15, 0.2) is 0 Å². The molecule has 0 aliphatic rings. The monoisotopic (exact) mass is 241 g/mol. The molecule has 0 spiro atoms. The minimum atomic E-state index is 0.781. The molecule has 0 N–H and O–H groups in total. The summed E-state index contributed by atoms with van der Waals surface area (Å²) in [6, 6.07) is 14.4. The third-order valence-corrected chi connectivity index (χ3v) is 3.47. The first-order valence-electron chi connectivity index (χ1n) is 5.37. The standard InChI is InChI=1S/C13H11N3S/c1-10-14-9-11-7-8-13(16(11)15-10)17-12-5-3-2-4-6-12/h2-9H,1H3. The number of hydrogen-bond acceptors (Lipinski definition) is 3. The summed E-state index contributed by atoms with van der Waals surface area (Å²) in [6.45, 7) is 1.90. The van der Waals surface area contributed by atoms with Crippen LogP contribution in [0.15, 0.2) is 58.6 Å². The summed E-state index contributed by atoms with van der Waals surface area (Å²) in [7, 11) is 0. The zero-order chi connectivity index (χ0) is 11.7. The van der Waals surface area contributed by atoms with E-state index in [1.807, 2.05) is 41.9 Å². The van der Waals surface area contributed by atoms with Gasteiger partial charge >= 0.3 is 0 Å². The van der Waals surface area contributed by atoms with Crippen molar-refractivity contribution in [3.05, 3.63) is 54.5 Å². The zero-order valence-corrected chi connectivity index (χ0v) is 10.2. The maximum atomic E-state index is 4.42. The van der Waals surface area contributed by atoms with E-state index in [2.05, 4.69) is 28.3 Å². The highest BCUT2D eigenvalue weighted by Gasteiger charge is 2.05. The third kappa shape index (κ3) is 2.03. The first-order chi connectivity index (χ1) is 8.33. The molecule has 2 aromatic heterocycles. The van der Waals surface area contributed by atoms with Crippen LogP contribution in [0.3, 0.4) is 0 Å². The molecular weight excluding hydrogens is 230 g/mol. The second kappa shape index (κ2) is 4.22. The number of benzene rings is 1. The largest absolute Gasteiger partial charge is 0.238 e. The molecule has 3 rings (SSSR count). The Balaban J connectivity index is 2.03. The van der Waals surface area contributed by atoms with Crippen LogP contribution in [-0.2, 0) is 0 Å². The molecule has 0 amide bonds.